The van der Waals surface area contributed by atoms with Gasteiger partial charge in [0.25, 0.3) is 0 Å². The Balaban J connectivity index is 3.73. The molecule has 0 aliphatic heterocycles. The van der Waals surface area contributed by atoms with Gasteiger partial charge in [-0.15, -0.1) is 15.8 Å². The summed E-state index contributed by atoms with van der Waals surface area (Å²) >= 11 is 0. The summed E-state index contributed by atoms with van der Waals surface area (Å²) in [7, 11) is 0.639. The third-order valence-corrected chi connectivity index (χ3v) is 7.41. The molecule has 62 valence electrons. The molecule has 0 saturated heterocycles. The zero-order valence-corrected chi connectivity index (χ0v) is 9.67. The van der Waals surface area contributed by atoms with Crippen LogP contribution in [0.3, 0.4) is 0 Å². The van der Waals surface area contributed by atoms with E-state index in [0.717, 1.165) is 5.40 Å². The summed E-state index contributed by atoms with van der Waals surface area (Å²) in [6.45, 7) is 12.0. The van der Waals surface area contributed by atoms with Crippen LogP contribution in [0.1, 0.15) is 19.8 Å². The quantitative estimate of drug-likeness (QED) is 0.577. The van der Waals surface area contributed by atoms with Gasteiger partial charge in [0, 0.05) is 0 Å². The Morgan fingerprint density at radius 1 is 1.00 bits per heavy atom. The van der Waals surface area contributed by atoms with Gasteiger partial charge in [0.1, 0.15) is 0 Å². The molecule has 0 N–H and O–H groups in total. The first-order valence-corrected chi connectivity index (χ1v) is 8.53. The van der Waals surface area contributed by atoms with Gasteiger partial charge >= 0.3 is 0 Å². The van der Waals surface area contributed by atoms with Crippen LogP contribution in [0.25, 0.3) is 0 Å². The maximum absolute atomic E-state index is 2.41. The normalized spacial score (nSPS) is 12.0. The smallest absolute Gasteiger partial charge is 0.00158 e. The first-order valence-electron chi connectivity index (χ1n) is 3.92. The molecule has 0 bridgehead atoms. The van der Waals surface area contributed by atoms with E-state index in [2.05, 4.69) is 33.6 Å². The Kier molecular flexibility index (Phi) is 5.98. The van der Waals surface area contributed by atoms with Crippen LogP contribution >= 0.6 is 15.8 Å². The molecule has 0 nitrogen and oxygen atoms in total. The van der Waals surface area contributed by atoms with E-state index in [1.165, 1.54) is 12.8 Å². The molecule has 0 amide bonds. The fourth-order valence-electron chi connectivity index (χ4n) is 1.24. The van der Waals surface area contributed by atoms with E-state index >= 15 is 0 Å². The van der Waals surface area contributed by atoms with E-state index < -0.39 is 0 Å². The highest BCUT2D eigenvalue weighted by Gasteiger charge is 2.14. The van der Waals surface area contributed by atoms with Crippen LogP contribution in [-0.2, 0) is 0 Å². The Morgan fingerprint density at radius 2 is 1.40 bits per heavy atom. The van der Waals surface area contributed by atoms with E-state index in [9.17, 15) is 0 Å². The number of hydrogen-bond acceptors (Lipinski definition) is 0. The van der Waals surface area contributed by atoms with E-state index in [4.69, 9.17) is 0 Å². The fraction of sp³-hybridized carbons (Fsp3) is 1.00. The summed E-state index contributed by atoms with van der Waals surface area (Å²) in [5, 5.41) is 1.06. The van der Waals surface area contributed by atoms with Crippen molar-refractivity contribution in [2.24, 2.45) is 0 Å². The lowest BCUT2D eigenvalue weighted by Gasteiger charge is -2.24. The second kappa shape index (κ2) is 5.50. The summed E-state index contributed by atoms with van der Waals surface area (Å²) in [5.74, 6) is 0. The topological polar surface area (TPSA) is 0 Å². The van der Waals surface area contributed by atoms with Gasteiger partial charge in [-0.25, -0.2) is 0 Å². The van der Waals surface area contributed by atoms with Crippen LogP contribution in [-0.4, -0.2) is 32.1 Å². The summed E-state index contributed by atoms with van der Waals surface area (Å²) in [6.07, 6.45) is 2.82. The third kappa shape index (κ3) is 3.89. The maximum Gasteiger partial charge on any atom is -0.00158 e. The first-order chi connectivity index (χ1) is 4.59. The molecule has 0 aliphatic rings. The average Bonchev–Trinajstić information content (AvgIpc) is 1.81. The maximum atomic E-state index is 2.41. The van der Waals surface area contributed by atoms with E-state index in [1.807, 2.05) is 0 Å². The van der Waals surface area contributed by atoms with Gasteiger partial charge in [-0.05, 0) is 38.5 Å². The molecule has 0 spiro atoms. The zero-order valence-electron chi connectivity index (χ0n) is 7.89. The van der Waals surface area contributed by atoms with Crippen molar-refractivity contribution in [3.8, 4) is 0 Å². The minimum absolute atomic E-state index is 0.320. The molecule has 0 aromatic heterocycles. The number of hydrogen-bond donors (Lipinski definition) is 0. The molecule has 0 saturated carbocycles. The van der Waals surface area contributed by atoms with Crippen LogP contribution < -0.4 is 0 Å². The molecule has 0 aliphatic carbocycles. The molecule has 0 aromatic rings. The highest BCUT2D eigenvalue weighted by molar-refractivity contribution is 7.74. The van der Waals surface area contributed by atoms with Crippen LogP contribution in [0.5, 0.6) is 0 Å². The molecule has 0 aromatic carbocycles. The minimum atomic E-state index is 0.320. The van der Waals surface area contributed by atoms with Gasteiger partial charge in [-0.3, -0.25) is 0 Å². The van der Waals surface area contributed by atoms with Gasteiger partial charge in [-0.2, -0.15) is 0 Å². The SMILES string of the molecule is CCCC(P(C)C)P(C)C. The molecule has 2 heteroatoms. The summed E-state index contributed by atoms with van der Waals surface area (Å²) < 4.78 is 0. The van der Waals surface area contributed by atoms with Crippen molar-refractivity contribution < 1.29 is 0 Å². The highest BCUT2D eigenvalue weighted by Crippen LogP contribution is 2.52. The van der Waals surface area contributed by atoms with Crippen LogP contribution in [0.4, 0.5) is 0 Å². The highest BCUT2D eigenvalue weighted by atomic mass is 31.2. The lowest BCUT2D eigenvalue weighted by Crippen LogP contribution is -2.00. The summed E-state index contributed by atoms with van der Waals surface area (Å²) in [6, 6.07) is 0. The molecule has 0 atom stereocenters. The van der Waals surface area contributed by atoms with Crippen molar-refractivity contribution in [2.45, 2.75) is 25.2 Å². The van der Waals surface area contributed by atoms with Gasteiger partial charge in [0.15, 0.2) is 0 Å². The molecule has 0 unspecified atom stereocenters. The zero-order chi connectivity index (χ0) is 8.15. The summed E-state index contributed by atoms with van der Waals surface area (Å²) in [4.78, 5) is 0. The lowest BCUT2D eigenvalue weighted by atomic mass is 10.4. The molecule has 0 radical (unpaired) electrons. The Bertz CT molecular complexity index is 71.3. The second-order valence-electron chi connectivity index (χ2n) is 3.20. The van der Waals surface area contributed by atoms with Crippen molar-refractivity contribution >= 4 is 15.8 Å². The predicted molar refractivity (Wildman–Crippen MR) is 56.2 cm³/mol. The van der Waals surface area contributed by atoms with E-state index in [0.29, 0.717) is 15.8 Å². The minimum Gasteiger partial charge on any atom is -0.106 e. The Labute approximate surface area is 68.3 Å². The molecule has 10 heavy (non-hydrogen) atoms. The van der Waals surface area contributed by atoms with E-state index in [-0.39, 0.29) is 0 Å². The number of rotatable bonds is 4. The molecular formula is C8H20P2. The van der Waals surface area contributed by atoms with Crippen molar-refractivity contribution in [1.29, 1.82) is 0 Å². The molecule has 0 fully saturated rings. The molecular weight excluding hydrogens is 158 g/mol. The van der Waals surface area contributed by atoms with Gasteiger partial charge in [0.05, 0.1) is 0 Å². The standard InChI is InChI=1S/C8H20P2/c1-6-7-8(9(2)3)10(4)5/h8H,6-7H2,1-5H3. The van der Waals surface area contributed by atoms with Crippen LogP contribution in [0.15, 0.2) is 0 Å². The lowest BCUT2D eigenvalue weighted by molar-refractivity contribution is 0.860. The van der Waals surface area contributed by atoms with Crippen molar-refractivity contribution in [3.05, 3.63) is 0 Å². The van der Waals surface area contributed by atoms with Gasteiger partial charge < -0.3 is 0 Å². The van der Waals surface area contributed by atoms with Crippen LogP contribution in [0.2, 0.25) is 0 Å². The van der Waals surface area contributed by atoms with Gasteiger partial charge in [-0.1, -0.05) is 13.3 Å². The average molecular weight is 178 g/mol. The fourth-order valence-corrected chi connectivity index (χ4v) is 6.48. The molecule has 0 heterocycles. The van der Waals surface area contributed by atoms with E-state index in [1.54, 1.807) is 0 Å². The van der Waals surface area contributed by atoms with Crippen molar-refractivity contribution in [2.75, 3.05) is 26.7 Å². The first kappa shape index (κ1) is 10.9. The van der Waals surface area contributed by atoms with Gasteiger partial charge in [0.2, 0.25) is 0 Å². The van der Waals surface area contributed by atoms with Crippen LogP contribution in [0, 0.1) is 0 Å². The predicted octanol–water partition coefficient (Wildman–Crippen LogP) is 3.60. The second-order valence-corrected chi connectivity index (χ2v) is 8.71. The van der Waals surface area contributed by atoms with Crippen molar-refractivity contribution in [1.82, 2.24) is 0 Å². The Morgan fingerprint density at radius 3 is 1.50 bits per heavy atom. The third-order valence-electron chi connectivity index (χ3n) is 1.74. The largest absolute Gasteiger partial charge is 0.106 e. The monoisotopic (exact) mass is 178 g/mol. The van der Waals surface area contributed by atoms with Crippen molar-refractivity contribution in [3.63, 3.8) is 0 Å². The summed E-state index contributed by atoms with van der Waals surface area (Å²) in [5.41, 5.74) is 0. The Hall–Kier alpha value is 0.860. The molecule has 0 rings (SSSR count).